The molecule has 0 saturated heterocycles. The van der Waals surface area contributed by atoms with Gasteiger partial charge in [0.05, 0.1) is 10.6 Å². The molecule has 0 amide bonds. The van der Waals surface area contributed by atoms with E-state index >= 15 is 0 Å². The smallest absolute Gasteiger partial charge is 0.214 e. The highest BCUT2D eigenvalue weighted by Gasteiger charge is 2.15. The summed E-state index contributed by atoms with van der Waals surface area (Å²) in [5, 5.41) is 5.75. The molecule has 0 saturated carbocycles. The highest BCUT2D eigenvalue weighted by Crippen LogP contribution is 2.25. The van der Waals surface area contributed by atoms with Crippen molar-refractivity contribution in [3.63, 3.8) is 0 Å². The molecule has 1 aromatic carbocycles. The molecule has 16 heavy (non-hydrogen) atoms. The molecule has 3 N–H and O–H groups in total. The van der Waals surface area contributed by atoms with Crippen LogP contribution in [0.1, 0.15) is 0 Å². The van der Waals surface area contributed by atoms with Crippen molar-refractivity contribution in [3.8, 4) is 11.4 Å². The quantitative estimate of drug-likeness (QED) is 0.471. The molecule has 1 aromatic heterocycles. The summed E-state index contributed by atoms with van der Waals surface area (Å²) in [6.07, 6.45) is 0. The summed E-state index contributed by atoms with van der Waals surface area (Å²) >= 11 is 10.2. The maximum Gasteiger partial charge on any atom is 0.214 e. The van der Waals surface area contributed by atoms with Gasteiger partial charge in [-0.1, -0.05) is 11.6 Å². The maximum atomic E-state index is 13.5. The van der Waals surface area contributed by atoms with Crippen molar-refractivity contribution in [3.05, 3.63) is 33.6 Å². The lowest BCUT2D eigenvalue weighted by atomic mass is 10.2. The van der Waals surface area contributed by atoms with Crippen LogP contribution in [-0.2, 0) is 0 Å². The fourth-order valence-electron chi connectivity index (χ4n) is 1.19. The van der Waals surface area contributed by atoms with E-state index in [4.69, 9.17) is 29.7 Å². The first-order valence-electron chi connectivity index (χ1n) is 4.08. The van der Waals surface area contributed by atoms with Gasteiger partial charge in [0.25, 0.3) is 0 Å². The number of nitrogen functional groups attached to an aromatic ring is 1. The van der Waals surface area contributed by atoms with Crippen molar-refractivity contribution >= 4 is 23.8 Å². The second kappa shape index (κ2) is 3.84. The lowest BCUT2D eigenvalue weighted by Crippen LogP contribution is -2.10. The van der Waals surface area contributed by atoms with Gasteiger partial charge in [-0.25, -0.2) is 18.6 Å². The van der Waals surface area contributed by atoms with Crippen molar-refractivity contribution in [1.29, 1.82) is 0 Å². The number of nitrogens with zero attached hydrogens (tertiary/aromatic N) is 2. The van der Waals surface area contributed by atoms with Crippen LogP contribution in [-0.4, -0.2) is 14.9 Å². The average Bonchev–Trinajstić information content (AvgIpc) is 2.54. The molecule has 84 valence electrons. The molecule has 2 rings (SSSR count). The first-order valence-corrected chi connectivity index (χ1v) is 4.86. The van der Waals surface area contributed by atoms with Crippen LogP contribution in [0.5, 0.6) is 0 Å². The van der Waals surface area contributed by atoms with Crippen LogP contribution < -0.4 is 5.84 Å². The third-order valence-electron chi connectivity index (χ3n) is 1.96. The van der Waals surface area contributed by atoms with E-state index in [1.807, 2.05) is 0 Å². The van der Waals surface area contributed by atoms with Gasteiger partial charge in [-0.3, -0.25) is 0 Å². The van der Waals surface area contributed by atoms with E-state index < -0.39 is 11.6 Å². The lowest BCUT2D eigenvalue weighted by molar-refractivity contribution is 0.602. The third-order valence-corrected chi connectivity index (χ3v) is 2.53. The van der Waals surface area contributed by atoms with Gasteiger partial charge in [0.1, 0.15) is 11.6 Å². The number of rotatable bonds is 1. The largest absolute Gasteiger partial charge is 0.335 e. The van der Waals surface area contributed by atoms with Gasteiger partial charge in [-0.2, -0.15) is 5.10 Å². The normalized spacial score (nSPS) is 10.7. The molecular weight excluding hydrogens is 258 g/mol. The van der Waals surface area contributed by atoms with Gasteiger partial charge in [0.15, 0.2) is 5.82 Å². The molecule has 4 nitrogen and oxygen atoms in total. The zero-order valence-electron chi connectivity index (χ0n) is 7.67. The lowest BCUT2D eigenvalue weighted by Gasteiger charge is -2.03. The van der Waals surface area contributed by atoms with E-state index in [0.29, 0.717) is 0 Å². The fraction of sp³-hybridized carbons (Fsp3) is 0. The van der Waals surface area contributed by atoms with E-state index in [0.717, 1.165) is 16.8 Å². The first kappa shape index (κ1) is 11.0. The zero-order chi connectivity index (χ0) is 11.9. The highest BCUT2D eigenvalue weighted by atomic mass is 35.5. The van der Waals surface area contributed by atoms with Gasteiger partial charge >= 0.3 is 0 Å². The predicted octanol–water partition coefficient (Wildman–Crippen LogP) is 2.25. The first-order chi connectivity index (χ1) is 7.50. The molecule has 0 fully saturated rings. The number of hydrogen-bond donors (Lipinski definition) is 2. The summed E-state index contributed by atoms with van der Waals surface area (Å²) in [5.41, 5.74) is -0.114. The summed E-state index contributed by atoms with van der Waals surface area (Å²) in [5.74, 6) is 4.00. The summed E-state index contributed by atoms with van der Waals surface area (Å²) < 4.78 is 27.7. The second-order valence-electron chi connectivity index (χ2n) is 2.97. The van der Waals surface area contributed by atoms with E-state index in [9.17, 15) is 8.78 Å². The minimum atomic E-state index is -0.757. The molecule has 1 heterocycles. The van der Waals surface area contributed by atoms with Gasteiger partial charge in [0, 0.05) is 0 Å². The number of aromatic amines is 1. The van der Waals surface area contributed by atoms with Crippen LogP contribution in [0.4, 0.5) is 8.78 Å². The van der Waals surface area contributed by atoms with E-state index in [1.165, 1.54) is 0 Å². The summed E-state index contributed by atoms with van der Waals surface area (Å²) in [6.45, 7) is 0. The number of halogens is 3. The molecule has 0 atom stereocenters. The fourth-order valence-corrected chi connectivity index (χ4v) is 1.47. The molecule has 8 heteroatoms. The molecule has 0 aliphatic heterocycles. The van der Waals surface area contributed by atoms with E-state index in [2.05, 4.69) is 10.2 Å². The Morgan fingerprint density at radius 3 is 2.62 bits per heavy atom. The number of H-pyrrole nitrogens is 1. The minimum Gasteiger partial charge on any atom is -0.335 e. The van der Waals surface area contributed by atoms with Crippen LogP contribution in [0.3, 0.4) is 0 Å². The Labute approximate surface area is 98.6 Å². The Morgan fingerprint density at radius 1 is 1.38 bits per heavy atom. The number of hydrogen-bond acceptors (Lipinski definition) is 3. The molecule has 0 radical (unpaired) electrons. The molecule has 0 bridgehead atoms. The van der Waals surface area contributed by atoms with Gasteiger partial charge < -0.3 is 5.84 Å². The Morgan fingerprint density at radius 2 is 2.06 bits per heavy atom. The number of benzene rings is 1. The maximum absolute atomic E-state index is 13.5. The SMILES string of the molecule is Nn1c(-c2cc(F)c(Cl)cc2F)n[nH]c1=S. The number of aromatic nitrogens is 3. The Balaban J connectivity index is 2.69. The molecule has 0 aliphatic rings. The van der Waals surface area contributed by atoms with E-state index in [-0.39, 0.29) is 21.2 Å². The second-order valence-corrected chi connectivity index (χ2v) is 3.76. The monoisotopic (exact) mass is 262 g/mol. The Bertz CT molecular complexity index is 607. The number of nitrogens with one attached hydrogen (secondary N) is 1. The standard InChI is InChI=1S/C8H5ClF2N4S/c9-4-2-5(10)3(1-6(4)11)7-13-14-8(16)15(7)12/h1-2H,12H2,(H,14,16). The average molecular weight is 263 g/mol. The van der Waals surface area contributed by atoms with Crippen LogP contribution in [0.2, 0.25) is 5.02 Å². The van der Waals surface area contributed by atoms with Crippen LogP contribution in [0.25, 0.3) is 11.4 Å². The van der Waals surface area contributed by atoms with Crippen molar-refractivity contribution in [1.82, 2.24) is 14.9 Å². The summed E-state index contributed by atoms with van der Waals surface area (Å²) in [4.78, 5) is 0. The molecule has 0 aliphatic carbocycles. The Hall–Kier alpha value is -1.47. The molecular formula is C8H5ClF2N4S. The van der Waals surface area contributed by atoms with Crippen molar-refractivity contribution < 1.29 is 8.78 Å². The van der Waals surface area contributed by atoms with Crippen LogP contribution in [0, 0.1) is 16.4 Å². The van der Waals surface area contributed by atoms with Crippen molar-refractivity contribution in [2.45, 2.75) is 0 Å². The summed E-state index contributed by atoms with van der Waals surface area (Å²) in [6, 6.07) is 1.76. The predicted molar refractivity (Wildman–Crippen MR) is 57.9 cm³/mol. The molecule has 0 unspecified atom stereocenters. The van der Waals surface area contributed by atoms with Gasteiger partial charge in [-0.05, 0) is 24.4 Å². The summed E-state index contributed by atoms with van der Waals surface area (Å²) in [7, 11) is 0. The third kappa shape index (κ3) is 1.68. The Kier molecular flexibility index (Phi) is 2.64. The van der Waals surface area contributed by atoms with Crippen LogP contribution in [0.15, 0.2) is 12.1 Å². The number of nitrogens with two attached hydrogens (primary N) is 1. The van der Waals surface area contributed by atoms with Crippen molar-refractivity contribution in [2.24, 2.45) is 0 Å². The van der Waals surface area contributed by atoms with Crippen molar-refractivity contribution in [2.75, 3.05) is 5.84 Å². The topological polar surface area (TPSA) is 59.6 Å². The molecule has 0 spiro atoms. The van der Waals surface area contributed by atoms with Gasteiger partial charge in [0.2, 0.25) is 4.77 Å². The van der Waals surface area contributed by atoms with Gasteiger partial charge in [-0.15, -0.1) is 0 Å². The minimum absolute atomic E-state index is 0.00179. The van der Waals surface area contributed by atoms with Crippen LogP contribution >= 0.6 is 23.8 Å². The van der Waals surface area contributed by atoms with E-state index in [1.54, 1.807) is 0 Å². The highest BCUT2D eigenvalue weighted by molar-refractivity contribution is 7.71. The zero-order valence-corrected chi connectivity index (χ0v) is 9.24. The molecule has 2 aromatic rings.